The molecule has 0 unspecified atom stereocenters. The van der Waals surface area contributed by atoms with Crippen LogP contribution in [0.1, 0.15) is 53.7 Å². The minimum Gasteiger partial charge on any atom is -0.480 e. The molecule has 3 aromatic rings. The summed E-state index contributed by atoms with van der Waals surface area (Å²) in [5.41, 5.74) is 2.35. The number of likely N-dealkylation sites (tertiary alicyclic amines) is 1. The first kappa shape index (κ1) is 29.9. The van der Waals surface area contributed by atoms with Crippen LogP contribution in [0.15, 0.2) is 70.0 Å². The molecule has 0 radical (unpaired) electrons. The highest BCUT2D eigenvalue weighted by Crippen LogP contribution is 2.39. The second-order valence-electron chi connectivity index (χ2n) is 10.7. The van der Waals surface area contributed by atoms with Crippen LogP contribution < -0.4 is 9.47 Å². The smallest absolute Gasteiger partial charge is 0.415 e. The zero-order valence-electron chi connectivity index (χ0n) is 23.6. The topological polar surface area (TPSA) is 72.9 Å². The van der Waals surface area contributed by atoms with Gasteiger partial charge >= 0.3 is 6.09 Å². The standard InChI is InChI=1S/C32H34BrNO5S/c1-19-15-23(16-20(2)30(19)39-32(4,5)21(3)35)27-17-34(31(37)38-25-11-9-24(33)10-12-25)18-28(27)29(36)22-7-13-26(40-6)14-8-22/h7-16,27-28H,17-18H2,1-6H3/t27-,28+/m0/s1. The van der Waals surface area contributed by atoms with Crippen LogP contribution in [0.4, 0.5) is 4.79 Å². The van der Waals surface area contributed by atoms with E-state index in [1.165, 1.54) is 6.92 Å². The maximum absolute atomic E-state index is 13.8. The molecule has 210 valence electrons. The van der Waals surface area contributed by atoms with Crippen LogP contribution in [-0.4, -0.2) is 47.5 Å². The Morgan fingerprint density at radius 1 is 0.950 bits per heavy atom. The molecule has 0 saturated carbocycles. The van der Waals surface area contributed by atoms with Gasteiger partial charge in [-0.15, -0.1) is 11.8 Å². The Bertz CT molecular complexity index is 1400. The van der Waals surface area contributed by atoms with E-state index in [2.05, 4.69) is 15.9 Å². The summed E-state index contributed by atoms with van der Waals surface area (Å²) in [6.07, 6.45) is 1.51. The van der Waals surface area contributed by atoms with Crippen molar-refractivity contribution < 1.29 is 23.9 Å². The number of thioether (sulfide) groups is 1. The predicted molar refractivity (Wildman–Crippen MR) is 162 cm³/mol. The Morgan fingerprint density at radius 3 is 2.10 bits per heavy atom. The van der Waals surface area contributed by atoms with E-state index in [-0.39, 0.29) is 24.0 Å². The van der Waals surface area contributed by atoms with Crippen molar-refractivity contribution in [2.75, 3.05) is 19.3 Å². The second kappa shape index (κ2) is 12.2. The Balaban J connectivity index is 1.66. The molecule has 0 aromatic heterocycles. The van der Waals surface area contributed by atoms with Gasteiger partial charge in [0, 0.05) is 39.9 Å². The van der Waals surface area contributed by atoms with Gasteiger partial charge in [0.1, 0.15) is 11.5 Å². The fraction of sp³-hybridized carbons (Fsp3) is 0.344. The van der Waals surface area contributed by atoms with E-state index >= 15 is 0 Å². The van der Waals surface area contributed by atoms with Crippen molar-refractivity contribution in [3.8, 4) is 11.5 Å². The average molecular weight is 625 g/mol. The summed E-state index contributed by atoms with van der Waals surface area (Å²) >= 11 is 5.01. The van der Waals surface area contributed by atoms with Crippen molar-refractivity contribution in [2.45, 2.75) is 51.0 Å². The Morgan fingerprint density at radius 2 is 1.55 bits per heavy atom. The Hall–Kier alpha value is -3.10. The van der Waals surface area contributed by atoms with Crippen molar-refractivity contribution in [1.82, 2.24) is 4.90 Å². The van der Waals surface area contributed by atoms with Crippen molar-refractivity contribution in [2.24, 2.45) is 5.92 Å². The van der Waals surface area contributed by atoms with Crippen LogP contribution in [0.5, 0.6) is 11.5 Å². The number of hydrogen-bond donors (Lipinski definition) is 0. The minimum atomic E-state index is -0.959. The fourth-order valence-corrected chi connectivity index (χ4v) is 5.55. The average Bonchev–Trinajstić information content (AvgIpc) is 3.37. The molecule has 1 aliphatic heterocycles. The molecular formula is C32H34BrNO5S. The SMILES string of the molecule is CSc1ccc(C(=O)[C@@H]2CN(C(=O)Oc3ccc(Br)cc3)C[C@H]2c2cc(C)c(OC(C)(C)C(C)=O)c(C)c2)cc1. The maximum atomic E-state index is 13.8. The van der Waals surface area contributed by atoms with E-state index in [1.54, 1.807) is 42.6 Å². The van der Waals surface area contributed by atoms with Crippen molar-refractivity contribution in [3.05, 3.63) is 87.4 Å². The number of aryl methyl sites for hydroxylation is 2. The molecule has 1 saturated heterocycles. The molecule has 1 fully saturated rings. The van der Waals surface area contributed by atoms with Crippen LogP contribution in [0.2, 0.25) is 0 Å². The first-order valence-electron chi connectivity index (χ1n) is 13.1. The summed E-state index contributed by atoms with van der Waals surface area (Å²) in [6.45, 7) is 9.49. The molecule has 1 amide bonds. The third kappa shape index (κ3) is 6.61. The van der Waals surface area contributed by atoms with Crippen LogP contribution in [-0.2, 0) is 4.79 Å². The number of carbonyl (C=O) groups is 3. The minimum absolute atomic E-state index is 0.00931. The lowest BCUT2D eigenvalue weighted by Gasteiger charge is -2.27. The number of halogens is 1. The normalized spacial score (nSPS) is 17.0. The number of rotatable bonds is 8. The lowest BCUT2D eigenvalue weighted by molar-refractivity contribution is -0.129. The molecule has 6 nitrogen and oxygen atoms in total. The van der Waals surface area contributed by atoms with Gasteiger partial charge in [-0.1, -0.05) is 40.2 Å². The third-order valence-electron chi connectivity index (χ3n) is 7.42. The van der Waals surface area contributed by atoms with Gasteiger partial charge in [0.2, 0.25) is 0 Å². The number of ether oxygens (including phenoxy) is 2. The number of hydrogen-bond acceptors (Lipinski definition) is 6. The molecule has 40 heavy (non-hydrogen) atoms. The summed E-state index contributed by atoms with van der Waals surface area (Å²) in [4.78, 5) is 41.8. The van der Waals surface area contributed by atoms with Gasteiger partial charge in [-0.2, -0.15) is 0 Å². The Kier molecular flexibility index (Phi) is 9.10. The van der Waals surface area contributed by atoms with E-state index in [0.717, 1.165) is 26.1 Å². The molecule has 0 aliphatic carbocycles. The Labute approximate surface area is 248 Å². The van der Waals surface area contributed by atoms with Gasteiger partial charge in [-0.05, 0) is 94.0 Å². The predicted octanol–water partition coefficient (Wildman–Crippen LogP) is 7.63. The summed E-state index contributed by atoms with van der Waals surface area (Å²) < 4.78 is 12.7. The van der Waals surface area contributed by atoms with Gasteiger partial charge in [-0.3, -0.25) is 9.59 Å². The molecule has 2 atom stereocenters. The third-order valence-corrected chi connectivity index (χ3v) is 8.70. The number of Topliss-reactive ketones (excluding diaryl/α,β-unsaturated/α-hetero) is 2. The summed E-state index contributed by atoms with van der Waals surface area (Å²) in [6, 6.07) is 18.7. The molecule has 0 bridgehead atoms. The van der Waals surface area contributed by atoms with E-state index in [1.807, 2.05) is 68.6 Å². The van der Waals surface area contributed by atoms with Gasteiger partial charge < -0.3 is 14.4 Å². The highest BCUT2D eigenvalue weighted by atomic mass is 79.9. The maximum Gasteiger partial charge on any atom is 0.415 e. The van der Waals surface area contributed by atoms with E-state index < -0.39 is 17.6 Å². The highest BCUT2D eigenvalue weighted by Gasteiger charge is 2.42. The first-order valence-corrected chi connectivity index (χ1v) is 15.1. The zero-order chi connectivity index (χ0) is 29.2. The van der Waals surface area contributed by atoms with Gasteiger partial charge in [0.25, 0.3) is 0 Å². The summed E-state index contributed by atoms with van der Waals surface area (Å²) in [7, 11) is 0. The monoisotopic (exact) mass is 623 g/mol. The molecule has 3 aromatic carbocycles. The molecule has 0 spiro atoms. The molecule has 1 heterocycles. The first-order chi connectivity index (χ1) is 18.9. The lowest BCUT2D eigenvalue weighted by Crippen LogP contribution is -2.36. The second-order valence-corrected chi connectivity index (χ2v) is 12.5. The highest BCUT2D eigenvalue weighted by molar-refractivity contribution is 9.10. The van der Waals surface area contributed by atoms with Crippen LogP contribution >= 0.6 is 27.7 Å². The van der Waals surface area contributed by atoms with Crippen LogP contribution in [0.3, 0.4) is 0 Å². The van der Waals surface area contributed by atoms with Gasteiger partial charge in [0.15, 0.2) is 17.2 Å². The molecule has 4 rings (SSSR count). The van der Waals surface area contributed by atoms with Crippen molar-refractivity contribution >= 4 is 45.4 Å². The van der Waals surface area contributed by atoms with Crippen molar-refractivity contribution in [1.29, 1.82) is 0 Å². The van der Waals surface area contributed by atoms with Crippen molar-refractivity contribution in [3.63, 3.8) is 0 Å². The largest absolute Gasteiger partial charge is 0.480 e. The number of benzene rings is 3. The van der Waals surface area contributed by atoms with Gasteiger partial charge in [0.05, 0.1) is 0 Å². The lowest BCUT2D eigenvalue weighted by atomic mass is 9.82. The van der Waals surface area contributed by atoms with E-state index in [4.69, 9.17) is 9.47 Å². The fourth-order valence-electron chi connectivity index (χ4n) is 4.88. The number of amides is 1. The van der Waals surface area contributed by atoms with Crippen LogP contribution in [0.25, 0.3) is 0 Å². The molecule has 0 N–H and O–H groups in total. The number of carbonyl (C=O) groups excluding carboxylic acids is 3. The summed E-state index contributed by atoms with van der Waals surface area (Å²) in [5, 5.41) is 0. The molecule has 1 aliphatic rings. The van der Waals surface area contributed by atoms with E-state index in [9.17, 15) is 14.4 Å². The van der Waals surface area contributed by atoms with Gasteiger partial charge in [-0.25, -0.2) is 4.79 Å². The molecule has 8 heteroatoms. The quantitative estimate of drug-likeness (QED) is 0.190. The molecular weight excluding hydrogens is 590 g/mol. The van der Waals surface area contributed by atoms with Crippen LogP contribution in [0, 0.1) is 19.8 Å². The number of nitrogens with zero attached hydrogens (tertiary/aromatic N) is 1. The zero-order valence-corrected chi connectivity index (χ0v) is 26.0. The summed E-state index contributed by atoms with van der Waals surface area (Å²) in [5.74, 6) is 0.334. The van der Waals surface area contributed by atoms with E-state index in [0.29, 0.717) is 23.6 Å². The number of ketones is 2.